The number of esters is 2. The van der Waals surface area contributed by atoms with Gasteiger partial charge in [0.2, 0.25) is 0 Å². The molecule has 0 aromatic heterocycles. The summed E-state index contributed by atoms with van der Waals surface area (Å²) in [5, 5.41) is 9.81. The lowest BCUT2D eigenvalue weighted by Crippen LogP contribution is -2.20. The molecule has 0 aliphatic rings. The van der Waals surface area contributed by atoms with E-state index in [0.29, 0.717) is 19.3 Å². The van der Waals surface area contributed by atoms with Crippen molar-refractivity contribution in [1.82, 2.24) is 0 Å². The van der Waals surface area contributed by atoms with Gasteiger partial charge in [0.15, 0.2) is 0 Å². The first-order chi connectivity index (χ1) is 23.0. The van der Waals surface area contributed by atoms with Crippen molar-refractivity contribution >= 4 is 29.0 Å². The van der Waals surface area contributed by atoms with Crippen molar-refractivity contribution in [3.8, 4) is 6.07 Å². The molecule has 2 unspecified atom stereocenters. The highest BCUT2D eigenvalue weighted by Crippen LogP contribution is 2.38. The average Bonchev–Trinajstić information content (AvgIpc) is 3.08. The van der Waals surface area contributed by atoms with Gasteiger partial charge < -0.3 is 14.4 Å². The Morgan fingerprint density at radius 1 is 0.771 bits per heavy atom. The standard InChI is InChI=1S/C42H48N2O4/c1-30-12-20-39(33(4)26-30)44(38-17-13-31(2)32(3)27-38)37-18-14-35(15-19-37)16-21-40(45)47-24-25-48-41(46)22-23-42(6,29-43)28-34(5)36-10-8-7-9-11-36/h7-15,17-20,26-27,34H,16,21-25,28H2,1-6H3. The van der Waals surface area contributed by atoms with Crippen LogP contribution in [-0.4, -0.2) is 25.2 Å². The van der Waals surface area contributed by atoms with E-state index in [9.17, 15) is 14.9 Å². The summed E-state index contributed by atoms with van der Waals surface area (Å²) in [6.45, 7) is 12.5. The van der Waals surface area contributed by atoms with Crippen molar-refractivity contribution in [3.63, 3.8) is 0 Å². The van der Waals surface area contributed by atoms with Gasteiger partial charge in [-0.3, -0.25) is 9.59 Å². The molecule has 6 nitrogen and oxygen atoms in total. The number of benzene rings is 4. The number of ether oxygens (including phenoxy) is 2. The van der Waals surface area contributed by atoms with Crippen molar-refractivity contribution in [3.05, 3.63) is 124 Å². The summed E-state index contributed by atoms with van der Waals surface area (Å²) in [7, 11) is 0. The largest absolute Gasteiger partial charge is 0.462 e. The van der Waals surface area contributed by atoms with Gasteiger partial charge in [-0.25, -0.2) is 0 Å². The van der Waals surface area contributed by atoms with Crippen molar-refractivity contribution in [2.45, 2.75) is 79.6 Å². The van der Waals surface area contributed by atoms with Gasteiger partial charge in [-0.15, -0.1) is 0 Å². The van der Waals surface area contributed by atoms with E-state index in [4.69, 9.17) is 9.47 Å². The summed E-state index contributed by atoms with van der Waals surface area (Å²) in [5.41, 5.74) is 9.73. The van der Waals surface area contributed by atoms with Crippen molar-refractivity contribution in [2.24, 2.45) is 5.41 Å². The molecule has 0 amide bonds. The number of rotatable bonds is 15. The van der Waals surface area contributed by atoms with Gasteiger partial charge in [0, 0.05) is 29.9 Å². The van der Waals surface area contributed by atoms with E-state index in [0.717, 1.165) is 22.6 Å². The summed E-state index contributed by atoms with van der Waals surface area (Å²) in [6.07, 6.45) is 1.97. The first-order valence-corrected chi connectivity index (χ1v) is 16.8. The van der Waals surface area contributed by atoms with Crippen LogP contribution in [0.5, 0.6) is 0 Å². The fourth-order valence-corrected chi connectivity index (χ4v) is 6.02. The highest BCUT2D eigenvalue weighted by Gasteiger charge is 2.28. The molecular formula is C42H48N2O4. The predicted octanol–water partition coefficient (Wildman–Crippen LogP) is 9.91. The molecule has 48 heavy (non-hydrogen) atoms. The maximum Gasteiger partial charge on any atom is 0.306 e. The van der Waals surface area contributed by atoms with E-state index in [1.54, 1.807) is 0 Å². The molecule has 4 rings (SSSR count). The van der Waals surface area contributed by atoms with Gasteiger partial charge in [-0.2, -0.15) is 5.26 Å². The number of hydrogen-bond acceptors (Lipinski definition) is 6. The van der Waals surface area contributed by atoms with Gasteiger partial charge in [-0.05, 0) is 118 Å². The third-order valence-corrected chi connectivity index (χ3v) is 9.04. The van der Waals surface area contributed by atoms with Crippen LogP contribution >= 0.6 is 0 Å². The second kappa shape index (κ2) is 16.8. The number of nitrogens with zero attached hydrogens (tertiary/aromatic N) is 2. The molecule has 0 fully saturated rings. The predicted molar refractivity (Wildman–Crippen MR) is 193 cm³/mol. The van der Waals surface area contributed by atoms with E-state index in [-0.39, 0.29) is 37.9 Å². The molecule has 0 aliphatic carbocycles. The van der Waals surface area contributed by atoms with Crippen LogP contribution in [-0.2, 0) is 25.5 Å². The van der Waals surface area contributed by atoms with Gasteiger partial charge in [-0.1, -0.05) is 73.2 Å². The third kappa shape index (κ3) is 10.1. The van der Waals surface area contributed by atoms with Crippen LogP contribution in [0, 0.1) is 44.4 Å². The maximum absolute atomic E-state index is 12.4. The second-order valence-corrected chi connectivity index (χ2v) is 13.2. The molecule has 0 saturated carbocycles. The summed E-state index contributed by atoms with van der Waals surface area (Å²) < 4.78 is 10.6. The Balaban J connectivity index is 1.23. The lowest BCUT2D eigenvalue weighted by Gasteiger charge is -2.28. The first kappa shape index (κ1) is 36.0. The van der Waals surface area contributed by atoms with Gasteiger partial charge in [0.25, 0.3) is 0 Å². The summed E-state index contributed by atoms with van der Waals surface area (Å²) in [5.74, 6) is -0.533. The molecule has 4 aromatic rings. The minimum absolute atomic E-state index is 0.00426. The van der Waals surface area contributed by atoms with Crippen LogP contribution in [0.1, 0.15) is 78.8 Å². The monoisotopic (exact) mass is 644 g/mol. The summed E-state index contributed by atoms with van der Waals surface area (Å²) >= 11 is 0. The maximum atomic E-state index is 12.4. The second-order valence-electron chi connectivity index (χ2n) is 13.2. The molecular weight excluding hydrogens is 596 g/mol. The van der Waals surface area contributed by atoms with Crippen LogP contribution < -0.4 is 4.90 Å². The van der Waals surface area contributed by atoms with Gasteiger partial charge in [0.1, 0.15) is 13.2 Å². The number of aryl methyl sites for hydroxylation is 5. The van der Waals surface area contributed by atoms with E-state index < -0.39 is 11.4 Å². The minimum atomic E-state index is -0.642. The lowest BCUT2D eigenvalue weighted by molar-refractivity contribution is -0.152. The van der Waals surface area contributed by atoms with Crippen LogP contribution in [0.3, 0.4) is 0 Å². The molecule has 6 heteroatoms. The number of anilines is 3. The smallest absolute Gasteiger partial charge is 0.306 e. The Morgan fingerprint density at radius 3 is 2.04 bits per heavy atom. The van der Waals surface area contributed by atoms with Crippen LogP contribution in [0.2, 0.25) is 0 Å². The molecule has 4 aromatic carbocycles. The normalized spacial score (nSPS) is 12.8. The summed E-state index contributed by atoms with van der Waals surface area (Å²) in [6, 6.07) is 33.8. The lowest BCUT2D eigenvalue weighted by atomic mass is 9.77. The zero-order valence-corrected chi connectivity index (χ0v) is 29.2. The zero-order chi connectivity index (χ0) is 34.7. The molecule has 0 radical (unpaired) electrons. The van der Waals surface area contributed by atoms with Gasteiger partial charge in [0.05, 0.1) is 11.5 Å². The minimum Gasteiger partial charge on any atom is -0.462 e. The third-order valence-electron chi connectivity index (χ3n) is 9.04. The highest BCUT2D eigenvalue weighted by atomic mass is 16.6. The Bertz CT molecular complexity index is 1730. The molecule has 0 bridgehead atoms. The molecule has 0 N–H and O–H groups in total. The number of nitriles is 1. The van der Waals surface area contributed by atoms with Gasteiger partial charge >= 0.3 is 11.9 Å². The van der Waals surface area contributed by atoms with Crippen molar-refractivity contribution in [2.75, 3.05) is 18.1 Å². The molecule has 0 aliphatic heterocycles. The SMILES string of the molecule is Cc1ccc(N(c2ccc(CCC(=O)OCCOC(=O)CCC(C)(C#N)CC(C)c3ccccc3)cc2)c2ccc(C)c(C)c2)c(C)c1. The van der Waals surface area contributed by atoms with E-state index in [1.807, 2.05) is 25.1 Å². The number of carbonyl (C=O) groups is 2. The average molecular weight is 645 g/mol. The Kier molecular flexibility index (Phi) is 12.6. The van der Waals surface area contributed by atoms with E-state index in [1.165, 1.54) is 27.8 Å². The van der Waals surface area contributed by atoms with Crippen molar-refractivity contribution in [1.29, 1.82) is 5.26 Å². The number of hydrogen-bond donors (Lipinski definition) is 0. The molecule has 2 atom stereocenters. The fourth-order valence-electron chi connectivity index (χ4n) is 6.02. The molecule has 0 spiro atoms. The Morgan fingerprint density at radius 2 is 1.42 bits per heavy atom. The quantitative estimate of drug-likeness (QED) is 0.0947. The van der Waals surface area contributed by atoms with Crippen LogP contribution in [0.25, 0.3) is 0 Å². The Hall–Kier alpha value is -4.89. The first-order valence-electron chi connectivity index (χ1n) is 16.8. The Labute approximate surface area is 286 Å². The van der Waals surface area contributed by atoms with E-state index >= 15 is 0 Å². The summed E-state index contributed by atoms with van der Waals surface area (Å²) in [4.78, 5) is 27.1. The van der Waals surface area contributed by atoms with Crippen molar-refractivity contribution < 1.29 is 19.1 Å². The topological polar surface area (TPSA) is 79.6 Å². The molecule has 250 valence electrons. The van der Waals surface area contributed by atoms with E-state index in [2.05, 4.69) is 118 Å². The molecule has 0 saturated heterocycles. The molecule has 0 heterocycles. The highest BCUT2D eigenvalue weighted by molar-refractivity contribution is 5.79. The van der Waals surface area contributed by atoms with Crippen LogP contribution in [0.4, 0.5) is 17.1 Å². The van der Waals surface area contributed by atoms with Crippen LogP contribution in [0.15, 0.2) is 91.0 Å². The number of carbonyl (C=O) groups excluding carboxylic acids is 2. The zero-order valence-electron chi connectivity index (χ0n) is 29.2. The fraction of sp³-hybridized carbons (Fsp3) is 0.357.